The molecule has 0 saturated carbocycles. The van der Waals surface area contributed by atoms with Gasteiger partial charge in [0.05, 0.1) is 11.5 Å². The Hall–Kier alpha value is -1.82. The Balaban J connectivity index is 2.40. The van der Waals surface area contributed by atoms with Crippen molar-refractivity contribution in [3.8, 4) is 0 Å². The van der Waals surface area contributed by atoms with Crippen molar-refractivity contribution in [2.45, 2.75) is 0 Å². The number of nitrogens with one attached hydrogen (secondary N) is 1. The number of benzene rings is 1. The van der Waals surface area contributed by atoms with Gasteiger partial charge in [-0.05, 0) is 12.1 Å². The van der Waals surface area contributed by atoms with Crippen molar-refractivity contribution in [3.05, 3.63) is 33.3 Å². The molecule has 1 heterocycles. The monoisotopic (exact) mass is 255 g/mol. The predicted octanol–water partition coefficient (Wildman–Crippen LogP) is 1.18. The van der Waals surface area contributed by atoms with Gasteiger partial charge in [-0.3, -0.25) is 14.9 Å². The summed E-state index contributed by atoms with van der Waals surface area (Å²) >= 11 is 5.81. The normalized spacial score (nSPS) is 15.6. The van der Waals surface area contributed by atoms with Gasteiger partial charge < -0.3 is 10.2 Å². The van der Waals surface area contributed by atoms with E-state index in [2.05, 4.69) is 5.32 Å². The van der Waals surface area contributed by atoms with Crippen LogP contribution >= 0.6 is 11.6 Å². The highest BCUT2D eigenvalue weighted by Crippen LogP contribution is 2.34. The summed E-state index contributed by atoms with van der Waals surface area (Å²) in [5.74, 6) is -0.148. The number of hydrogen-bond acceptors (Lipinski definition) is 4. The first-order valence-electron chi connectivity index (χ1n) is 5.04. The summed E-state index contributed by atoms with van der Waals surface area (Å²) in [7, 11) is 0. The van der Waals surface area contributed by atoms with Gasteiger partial charge in [-0.15, -0.1) is 0 Å². The van der Waals surface area contributed by atoms with Gasteiger partial charge in [0, 0.05) is 13.1 Å². The molecule has 1 aromatic rings. The van der Waals surface area contributed by atoms with Crippen molar-refractivity contribution in [2.75, 3.05) is 24.5 Å². The van der Waals surface area contributed by atoms with Crippen LogP contribution in [0.25, 0.3) is 0 Å². The lowest BCUT2D eigenvalue weighted by atomic mass is 10.2. The van der Waals surface area contributed by atoms with Crippen molar-refractivity contribution < 1.29 is 9.72 Å². The summed E-state index contributed by atoms with van der Waals surface area (Å²) in [6, 6.07) is 4.70. The Labute approximate surface area is 102 Å². The summed E-state index contributed by atoms with van der Waals surface area (Å²) < 4.78 is 0. The molecular formula is C10H10ClN3O3. The van der Waals surface area contributed by atoms with Crippen LogP contribution < -0.4 is 10.2 Å². The van der Waals surface area contributed by atoms with E-state index in [1.54, 1.807) is 17.0 Å². The summed E-state index contributed by atoms with van der Waals surface area (Å²) in [5, 5.41) is 13.7. The summed E-state index contributed by atoms with van der Waals surface area (Å²) in [6.07, 6.45) is 0. The van der Waals surface area contributed by atoms with Crippen LogP contribution in [0.2, 0.25) is 5.02 Å². The number of anilines is 1. The van der Waals surface area contributed by atoms with Gasteiger partial charge in [0.25, 0.3) is 0 Å². The minimum Gasteiger partial charge on any atom is -0.355 e. The molecule has 0 radical (unpaired) electrons. The zero-order valence-corrected chi connectivity index (χ0v) is 9.61. The van der Waals surface area contributed by atoms with E-state index in [0.717, 1.165) is 0 Å². The number of hydrogen-bond donors (Lipinski definition) is 1. The molecular weight excluding hydrogens is 246 g/mol. The maximum Gasteiger partial charge on any atom is 0.310 e. The second-order valence-electron chi connectivity index (χ2n) is 3.64. The highest BCUT2D eigenvalue weighted by molar-refractivity contribution is 6.33. The second-order valence-corrected chi connectivity index (χ2v) is 4.04. The van der Waals surface area contributed by atoms with Crippen molar-refractivity contribution in [2.24, 2.45) is 0 Å². The van der Waals surface area contributed by atoms with Gasteiger partial charge in [0.15, 0.2) is 0 Å². The molecule has 0 bridgehead atoms. The van der Waals surface area contributed by atoms with Crippen LogP contribution in [0.3, 0.4) is 0 Å². The summed E-state index contributed by atoms with van der Waals surface area (Å²) in [6.45, 7) is 1.12. The van der Waals surface area contributed by atoms with Crippen molar-refractivity contribution in [1.29, 1.82) is 0 Å². The summed E-state index contributed by atoms with van der Waals surface area (Å²) in [5.41, 5.74) is 0.237. The Bertz CT molecular complexity index is 478. The van der Waals surface area contributed by atoms with Gasteiger partial charge in [-0.25, -0.2) is 0 Å². The molecule has 1 N–H and O–H groups in total. The van der Waals surface area contributed by atoms with E-state index in [4.69, 9.17) is 11.6 Å². The van der Waals surface area contributed by atoms with E-state index in [-0.39, 0.29) is 23.2 Å². The zero-order chi connectivity index (χ0) is 12.4. The van der Waals surface area contributed by atoms with E-state index in [1.165, 1.54) is 6.07 Å². The standard InChI is InChI=1S/C10H10ClN3O3/c11-7-2-1-3-8(10(7)14(16)17)13-5-4-12-9(15)6-13/h1-3H,4-6H2,(H,12,15). The number of nitro groups is 1. The largest absolute Gasteiger partial charge is 0.355 e. The third-order valence-electron chi connectivity index (χ3n) is 2.53. The minimum absolute atomic E-state index is 0.0819. The van der Waals surface area contributed by atoms with Gasteiger partial charge in [0.1, 0.15) is 10.7 Å². The SMILES string of the molecule is O=C1CN(c2cccc(Cl)c2[N+](=O)[O-])CCN1. The highest BCUT2D eigenvalue weighted by Gasteiger charge is 2.25. The van der Waals surface area contributed by atoms with Crippen molar-refractivity contribution >= 4 is 28.9 Å². The number of carbonyl (C=O) groups is 1. The van der Waals surface area contributed by atoms with Crippen LogP contribution in [0.5, 0.6) is 0 Å². The number of para-hydroxylation sites is 1. The Morgan fingerprint density at radius 2 is 2.24 bits per heavy atom. The maximum atomic E-state index is 11.3. The molecule has 6 nitrogen and oxygen atoms in total. The molecule has 1 aliphatic rings. The molecule has 1 amide bonds. The fraction of sp³-hybridized carbons (Fsp3) is 0.300. The average Bonchev–Trinajstić information content (AvgIpc) is 2.28. The lowest BCUT2D eigenvalue weighted by Crippen LogP contribution is -2.47. The van der Waals surface area contributed by atoms with Crippen LogP contribution in [0, 0.1) is 10.1 Å². The van der Waals surface area contributed by atoms with Crippen LogP contribution in [0.4, 0.5) is 11.4 Å². The van der Waals surface area contributed by atoms with E-state index < -0.39 is 4.92 Å². The first-order chi connectivity index (χ1) is 8.09. The Kier molecular flexibility index (Phi) is 3.14. The number of amides is 1. The zero-order valence-electron chi connectivity index (χ0n) is 8.85. The van der Waals surface area contributed by atoms with E-state index in [1.807, 2.05) is 0 Å². The number of carbonyl (C=O) groups excluding carboxylic acids is 1. The molecule has 2 rings (SSSR count). The molecule has 0 aromatic heterocycles. The minimum atomic E-state index is -0.524. The molecule has 1 fully saturated rings. The van der Waals surface area contributed by atoms with Gasteiger partial charge >= 0.3 is 5.69 Å². The molecule has 90 valence electrons. The molecule has 1 aromatic carbocycles. The van der Waals surface area contributed by atoms with E-state index in [0.29, 0.717) is 18.8 Å². The van der Waals surface area contributed by atoms with E-state index in [9.17, 15) is 14.9 Å². The fourth-order valence-corrected chi connectivity index (χ4v) is 2.02. The number of nitrogens with zero attached hydrogens (tertiary/aromatic N) is 2. The summed E-state index contributed by atoms with van der Waals surface area (Å²) in [4.78, 5) is 23.3. The van der Waals surface area contributed by atoms with Gasteiger partial charge in [-0.1, -0.05) is 17.7 Å². The molecule has 17 heavy (non-hydrogen) atoms. The molecule has 7 heteroatoms. The molecule has 0 aliphatic carbocycles. The Morgan fingerprint density at radius 1 is 1.47 bits per heavy atom. The number of rotatable bonds is 2. The quantitative estimate of drug-likeness (QED) is 0.636. The Morgan fingerprint density at radius 3 is 2.88 bits per heavy atom. The molecule has 1 aliphatic heterocycles. The lowest BCUT2D eigenvalue weighted by Gasteiger charge is -2.28. The highest BCUT2D eigenvalue weighted by atomic mass is 35.5. The lowest BCUT2D eigenvalue weighted by molar-refractivity contribution is -0.384. The smallest absolute Gasteiger partial charge is 0.310 e. The van der Waals surface area contributed by atoms with Crippen LogP contribution in [0.15, 0.2) is 18.2 Å². The van der Waals surface area contributed by atoms with Gasteiger partial charge in [0.2, 0.25) is 5.91 Å². The second kappa shape index (κ2) is 4.58. The first-order valence-corrected chi connectivity index (χ1v) is 5.42. The van der Waals surface area contributed by atoms with Crippen LogP contribution in [0.1, 0.15) is 0 Å². The molecule has 1 saturated heterocycles. The number of halogens is 1. The van der Waals surface area contributed by atoms with Crippen molar-refractivity contribution in [3.63, 3.8) is 0 Å². The van der Waals surface area contributed by atoms with Crippen molar-refractivity contribution in [1.82, 2.24) is 5.32 Å². The van der Waals surface area contributed by atoms with Crippen LogP contribution in [-0.4, -0.2) is 30.5 Å². The topological polar surface area (TPSA) is 75.5 Å². The molecule has 0 unspecified atom stereocenters. The first kappa shape index (κ1) is 11.7. The third-order valence-corrected chi connectivity index (χ3v) is 2.83. The molecule has 0 spiro atoms. The third kappa shape index (κ3) is 2.31. The van der Waals surface area contributed by atoms with Gasteiger partial charge in [-0.2, -0.15) is 0 Å². The molecule has 0 atom stereocenters. The van der Waals surface area contributed by atoms with E-state index >= 15 is 0 Å². The fourth-order valence-electron chi connectivity index (χ4n) is 1.78. The number of piperazine rings is 1. The predicted molar refractivity (Wildman–Crippen MR) is 63.3 cm³/mol. The number of nitro benzene ring substituents is 1. The maximum absolute atomic E-state index is 11.3. The van der Waals surface area contributed by atoms with Crippen LogP contribution in [-0.2, 0) is 4.79 Å². The average molecular weight is 256 g/mol.